The number of benzene rings is 2. The molecule has 112 valence electrons. The maximum absolute atomic E-state index is 9.75. The lowest BCUT2D eigenvalue weighted by atomic mass is 10.1. The van der Waals surface area contributed by atoms with E-state index in [1.807, 2.05) is 31.2 Å². The quantitative estimate of drug-likeness (QED) is 0.811. The van der Waals surface area contributed by atoms with Crippen molar-refractivity contribution in [2.24, 2.45) is 0 Å². The number of phenols is 1. The second-order valence-electron chi connectivity index (χ2n) is 5.28. The highest BCUT2D eigenvalue weighted by atomic mass is 16.5. The molecule has 0 heterocycles. The van der Waals surface area contributed by atoms with Gasteiger partial charge in [0.2, 0.25) is 0 Å². The smallest absolute Gasteiger partial charge is 0.120 e. The summed E-state index contributed by atoms with van der Waals surface area (Å²) in [6.45, 7) is 6.82. The SMILES string of the molecule is CCCOc1ccc(C(C)Nc2ccc(C)c(O)c2)cc1. The van der Waals surface area contributed by atoms with Crippen molar-refractivity contribution in [3.05, 3.63) is 53.6 Å². The monoisotopic (exact) mass is 285 g/mol. The van der Waals surface area contributed by atoms with E-state index in [1.165, 1.54) is 5.56 Å². The third kappa shape index (κ3) is 4.15. The number of aryl methyl sites for hydroxylation is 1. The molecule has 0 aliphatic carbocycles. The zero-order valence-electron chi connectivity index (χ0n) is 12.9. The van der Waals surface area contributed by atoms with Gasteiger partial charge in [-0.2, -0.15) is 0 Å². The van der Waals surface area contributed by atoms with Gasteiger partial charge in [0.25, 0.3) is 0 Å². The predicted molar refractivity (Wildman–Crippen MR) is 87.1 cm³/mol. The van der Waals surface area contributed by atoms with Gasteiger partial charge in [-0.1, -0.05) is 25.1 Å². The summed E-state index contributed by atoms with van der Waals surface area (Å²) in [7, 11) is 0. The first-order chi connectivity index (χ1) is 10.1. The lowest BCUT2D eigenvalue weighted by molar-refractivity contribution is 0.317. The number of aromatic hydroxyl groups is 1. The van der Waals surface area contributed by atoms with Crippen molar-refractivity contribution in [3.8, 4) is 11.5 Å². The van der Waals surface area contributed by atoms with E-state index in [0.29, 0.717) is 5.75 Å². The first-order valence-electron chi connectivity index (χ1n) is 7.39. The second kappa shape index (κ2) is 7.02. The van der Waals surface area contributed by atoms with Crippen molar-refractivity contribution in [2.75, 3.05) is 11.9 Å². The van der Waals surface area contributed by atoms with Gasteiger partial charge in [-0.05, 0) is 49.6 Å². The van der Waals surface area contributed by atoms with Crippen molar-refractivity contribution in [2.45, 2.75) is 33.2 Å². The maximum atomic E-state index is 9.75. The number of nitrogens with one attached hydrogen (secondary N) is 1. The van der Waals surface area contributed by atoms with Gasteiger partial charge in [0.15, 0.2) is 0 Å². The molecule has 0 aliphatic heterocycles. The van der Waals surface area contributed by atoms with Gasteiger partial charge >= 0.3 is 0 Å². The van der Waals surface area contributed by atoms with E-state index >= 15 is 0 Å². The van der Waals surface area contributed by atoms with E-state index in [-0.39, 0.29) is 6.04 Å². The topological polar surface area (TPSA) is 41.5 Å². The van der Waals surface area contributed by atoms with Crippen molar-refractivity contribution in [1.82, 2.24) is 0 Å². The maximum Gasteiger partial charge on any atom is 0.120 e. The molecule has 2 rings (SSSR count). The van der Waals surface area contributed by atoms with Crippen LogP contribution in [0.15, 0.2) is 42.5 Å². The van der Waals surface area contributed by atoms with Crippen LogP contribution in [0, 0.1) is 6.92 Å². The molecule has 0 saturated heterocycles. The fourth-order valence-corrected chi connectivity index (χ4v) is 2.11. The molecule has 0 bridgehead atoms. The van der Waals surface area contributed by atoms with Gasteiger partial charge in [-0.15, -0.1) is 0 Å². The summed E-state index contributed by atoms with van der Waals surface area (Å²) in [4.78, 5) is 0. The molecule has 1 unspecified atom stereocenters. The average Bonchev–Trinajstić information content (AvgIpc) is 2.49. The van der Waals surface area contributed by atoms with Crippen LogP contribution in [0.2, 0.25) is 0 Å². The summed E-state index contributed by atoms with van der Waals surface area (Å²) in [6.07, 6.45) is 1.01. The molecule has 2 aromatic carbocycles. The third-order valence-electron chi connectivity index (χ3n) is 3.45. The fraction of sp³-hybridized carbons (Fsp3) is 0.333. The summed E-state index contributed by atoms with van der Waals surface area (Å²) < 4.78 is 5.58. The van der Waals surface area contributed by atoms with Gasteiger partial charge in [0.1, 0.15) is 11.5 Å². The van der Waals surface area contributed by atoms with Crippen LogP contribution < -0.4 is 10.1 Å². The molecule has 2 N–H and O–H groups in total. The Labute approximate surface area is 126 Å². The molecule has 0 aliphatic rings. The lowest BCUT2D eigenvalue weighted by Crippen LogP contribution is -2.06. The number of phenolic OH excluding ortho intramolecular Hbond substituents is 1. The molecular weight excluding hydrogens is 262 g/mol. The minimum absolute atomic E-state index is 0.160. The molecule has 3 nitrogen and oxygen atoms in total. The van der Waals surface area contributed by atoms with Crippen molar-refractivity contribution in [1.29, 1.82) is 0 Å². The standard InChI is InChI=1S/C18H23NO2/c1-4-11-21-17-9-6-15(7-10-17)14(3)19-16-8-5-13(2)18(20)12-16/h5-10,12,14,19-20H,4,11H2,1-3H3. The van der Waals surface area contributed by atoms with Gasteiger partial charge in [-0.25, -0.2) is 0 Å². The van der Waals surface area contributed by atoms with Gasteiger partial charge in [0, 0.05) is 17.8 Å². The molecule has 0 amide bonds. The van der Waals surface area contributed by atoms with E-state index in [4.69, 9.17) is 4.74 Å². The minimum Gasteiger partial charge on any atom is -0.508 e. The molecule has 2 aromatic rings. The normalized spacial score (nSPS) is 12.0. The Kier molecular flexibility index (Phi) is 5.09. The first-order valence-corrected chi connectivity index (χ1v) is 7.39. The van der Waals surface area contributed by atoms with E-state index in [2.05, 4.69) is 31.3 Å². The van der Waals surface area contributed by atoms with Crippen LogP contribution in [0.1, 0.15) is 37.4 Å². The van der Waals surface area contributed by atoms with Gasteiger partial charge < -0.3 is 15.2 Å². The zero-order valence-corrected chi connectivity index (χ0v) is 12.9. The number of hydrogen-bond donors (Lipinski definition) is 2. The van der Waals surface area contributed by atoms with Gasteiger partial charge in [0.05, 0.1) is 6.61 Å². The Morgan fingerprint density at radius 1 is 1.14 bits per heavy atom. The Morgan fingerprint density at radius 3 is 2.48 bits per heavy atom. The first kappa shape index (κ1) is 15.2. The van der Waals surface area contributed by atoms with Crippen LogP contribution in [0.25, 0.3) is 0 Å². The molecule has 0 spiro atoms. The summed E-state index contributed by atoms with van der Waals surface area (Å²) >= 11 is 0. The fourth-order valence-electron chi connectivity index (χ4n) is 2.11. The molecule has 21 heavy (non-hydrogen) atoms. The summed E-state index contributed by atoms with van der Waals surface area (Å²) in [6, 6.07) is 13.9. The molecule has 3 heteroatoms. The second-order valence-corrected chi connectivity index (χ2v) is 5.28. The molecule has 0 fully saturated rings. The minimum atomic E-state index is 0.160. The number of hydrogen-bond acceptors (Lipinski definition) is 3. The van der Waals surface area contributed by atoms with Gasteiger partial charge in [-0.3, -0.25) is 0 Å². The zero-order chi connectivity index (χ0) is 15.2. The van der Waals surface area contributed by atoms with Crippen molar-refractivity contribution < 1.29 is 9.84 Å². The highest BCUT2D eigenvalue weighted by Crippen LogP contribution is 2.25. The Morgan fingerprint density at radius 2 is 1.86 bits per heavy atom. The highest BCUT2D eigenvalue weighted by Gasteiger charge is 2.07. The Balaban J connectivity index is 2.02. The van der Waals surface area contributed by atoms with Crippen LogP contribution in [-0.4, -0.2) is 11.7 Å². The molecule has 0 aromatic heterocycles. The van der Waals surface area contributed by atoms with Crippen molar-refractivity contribution >= 4 is 5.69 Å². The van der Waals surface area contributed by atoms with E-state index < -0.39 is 0 Å². The molecule has 0 radical (unpaired) electrons. The molecule has 0 saturated carbocycles. The van der Waals surface area contributed by atoms with Crippen molar-refractivity contribution in [3.63, 3.8) is 0 Å². The summed E-state index contributed by atoms with van der Waals surface area (Å²) in [5.74, 6) is 1.22. The highest BCUT2D eigenvalue weighted by molar-refractivity contribution is 5.52. The molecular formula is C18H23NO2. The largest absolute Gasteiger partial charge is 0.508 e. The van der Waals surface area contributed by atoms with E-state index in [1.54, 1.807) is 6.07 Å². The third-order valence-corrected chi connectivity index (χ3v) is 3.45. The molecule has 1 atom stereocenters. The Bertz CT molecular complexity index is 578. The van der Waals surface area contributed by atoms with Crippen LogP contribution in [0.5, 0.6) is 11.5 Å². The summed E-state index contributed by atoms with van der Waals surface area (Å²) in [5.41, 5.74) is 2.97. The van der Waals surface area contributed by atoms with E-state index in [9.17, 15) is 5.11 Å². The number of anilines is 1. The predicted octanol–water partition coefficient (Wildman–Crippen LogP) is 4.66. The summed E-state index contributed by atoms with van der Waals surface area (Å²) in [5, 5.41) is 13.1. The average molecular weight is 285 g/mol. The number of ether oxygens (including phenoxy) is 1. The lowest BCUT2D eigenvalue weighted by Gasteiger charge is -2.17. The van der Waals surface area contributed by atoms with Crippen LogP contribution in [0.3, 0.4) is 0 Å². The van der Waals surface area contributed by atoms with Crippen LogP contribution in [-0.2, 0) is 0 Å². The van der Waals surface area contributed by atoms with Crippen LogP contribution in [0.4, 0.5) is 5.69 Å². The van der Waals surface area contributed by atoms with E-state index in [0.717, 1.165) is 30.0 Å². The Hall–Kier alpha value is -2.16. The number of rotatable bonds is 6. The van der Waals surface area contributed by atoms with Crippen LogP contribution >= 0.6 is 0 Å².